The lowest BCUT2D eigenvalue weighted by atomic mass is 10.0. The molecule has 2 heterocycles. The fourth-order valence-electron chi connectivity index (χ4n) is 2.02. The Morgan fingerprint density at radius 1 is 1.67 bits per heavy atom. The molecular weight excluding hydrogens is 190 g/mol. The number of fused-ring (bicyclic) bond motifs is 1. The summed E-state index contributed by atoms with van der Waals surface area (Å²) in [6.07, 6.45) is 1.03. The van der Waals surface area contributed by atoms with Crippen LogP contribution in [0.3, 0.4) is 0 Å². The van der Waals surface area contributed by atoms with E-state index in [1.807, 2.05) is 6.92 Å². The fourth-order valence-corrected chi connectivity index (χ4v) is 2.02. The second kappa shape index (κ2) is 4.16. The second-order valence-electron chi connectivity index (χ2n) is 4.03. The molecule has 0 fully saturated rings. The number of ether oxygens (including phenoxy) is 1. The number of hydrogen-bond donors (Lipinski definition) is 1. The Hall–Kier alpha value is -1.13. The Kier molecular flexibility index (Phi) is 2.88. The monoisotopic (exact) mass is 207 g/mol. The Balaban J connectivity index is 2.18. The summed E-state index contributed by atoms with van der Waals surface area (Å²) in [5.41, 5.74) is 4.61. The van der Waals surface area contributed by atoms with Crippen LogP contribution in [-0.4, -0.2) is 35.5 Å². The van der Waals surface area contributed by atoms with E-state index in [-0.39, 0.29) is 0 Å². The molecule has 0 bridgehead atoms. The maximum atomic E-state index is 5.12. The molecule has 0 radical (unpaired) electrons. The van der Waals surface area contributed by atoms with Crippen molar-refractivity contribution < 1.29 is 4.74 Å². The third-order valence-corrected chi connectivity index (χ3v) is 2.73. The van der Waals surface area contributed by atoms with Crippen LogP contribution in [0.25, 0.3) is 5.57 Å². The van der Waals surface area contributed by atoms with Crippen LogP contribution in [-0.2, 0) is 17.7 Å². The number of allylic oxidation sites excluding steroid dienone is 1. The Labute approximate surface area is 89.9 Å². The SMILES string of the molecule is C=C(C)c1n[nH]c2c1CCN(COC)C2. The van der Waals surface area contributed by atoms with Crippen LogP contribution in [0.2, 0.25) is 0 Å². The summed E-state index contributed by atoms with van der Waals surface area (Å²) >= 11 is 0. The molecule has 4 heteroatoms. The Bertz CT molecular complexity index is 370. The van der Waals surface area contributed by atoms with E-state index >= 15 is 0 Å². The molecule has 0 spiro atoms. The molecule has 15 heavy (non-hydrogen) atoms. The number of H-pyrrole nitrogens is 1. The summed E-state index contributed by atoms with van der Waals surface area (Å²) in [6, 6.07) is 0. The zero-order chi connectivity index (χ0) is 10.8. The van der Waals surface area contributed by atoms with Crippen molar-refractivity contribution in [3.8, 4) is 0 Å². The van der Waals surface area contributed by atoms with Crippen LogP contribution in [0.5, 0.6) is 0 Å². The fraction of sp³-hybridized carbons (Fsp3) is 0.545. The second-order valence-corrected chi connectivity index (χ2v) is 4.03. The van der Waals surface area contributed by atoms with Gasteiger partial charge in [-0.1, -0.05) is 6.58 Å². The van der Waals surface area contributed by atoms with Gasteiger partial charge in [0.15, 0.2) is 0 Å². The maximum absolute atomic E-state index is 5.12. The molecule has 82 valence electrons. The van der Waals surface area contributed by atoms with Gasteiger partial charge in [0.1, 0.15) is 0 Å². The number of aromatic amines is 1. The summed E-state index contributed by atoms with van der Waals surface area (Å²) in [5, 5.41) is 7.39. The van der Waals surface area contributed by atoms with Gasteiger partial charge in [0.25, 0.3) is 0 Å². The molecule has 1 aromatic heterocycles. The van der Waals surface area contributed by atoms with E-state index in [9.17, 15) is 0 Å². The van der Waals surface area contributed by atoms with Gasteiger partial charge in [-0.2, -0.15) is 5.10 Å². The van der Waals surface area contributed by atoms with E-state index in [1.165, 1.54) is 11.3 Å². The minimum Gasteiger partial charge on any atom is -0.369 e. The molecular formula is C11H17N3O. The van der Waals surface area contributed by atoms with Gasteiger partial charge in [-0.05, 0) is 18.9 Å². The first kappa shape index (κ1) is 10.4. The molecule has 1 aliphatic rings. The molecule has 1 aliphatic heterocycles. The number of nitrogens with one attached hydrogen (secondary N) is 1. The zero-order valence-electron chi connectivity index (χ0n) is 9.34. The van der Waals surface area contributed by atoms with Crippen molar-refractivity contribution in [1.29, 1.82) is 0 Å². The molecule has 1 N–H and O–H groups in total. The lowest BCUT2D eigenvalue weighted by Crippen LogP contribution is -2.32. The van der Waals surface area contributed by atoms with Crippen molar-refractivity contribution in [2.24, 2.45) is 0 Å². The lowest BCUT2D eigenvalue weighted by molar-refractivity contribution is 0.0535. The number of hydrogen-bond acceptors (Lipinski definition) is 3. The van der Waals surface area contributed by atoms with E-state index in [0.29, 0.717) is 6.73 Å². The number of nitrogens with zero attached hydrogens (tertiary/aromatic N) is 2. The first-order valence-corrected chi connectivity index (χ1v) is 5.15. The molecule has 0 saturated carbocycles. The van der Waals surface area contributed by atoms with Gasteiger partial charge < -0.3 is 4.74 Å². The highest BCUT2D eigenvalue weighted by Gasteiger charge is 2.21. The quantitative estimate of drug-likeness (QED) is 0.814. The first-order valence-electron chi connectivity index (χ1n) is 5.15. The third kappa shape index (κ3) is 1.96. The van der Waals surface area contributed by atoms with Crippen LogP contribution >= 0.6 is 0 Å². The number of rotatable bonds is 3. The smallest absolute Gasteiger partial charge is 0.0989 e. The van der Waals surface area contributed by atoms with Gasteiger partial charge >= 0.3 is 0 Å². The first-order chi connectivity index (χ1) is 7.22. The zero-order valence-corrected chi connectivity index (χ0v) is 9.34. The van der Waals surface area contributed by atoms with E-state index in [0.717, 1.165) is 30.8 Å². The topological polar surface area (TPSA) is 41.2 Å². The van der Waals surface area contributed by atoms with Crippen molar-refractivity contribution >= 4 is 5.57 Å². The highest BCUT2D eigenvalue weighted by atomic mass is 16.5. The van der Waals surface area contributed by atoms with Crippen molar-refractivity contribution in [2.75, 3.05) is 20.4 Å². The van der Waals surface area contributed by atoms with Gasteiger partial charge in [0, 0.05) is 25.8 Å². The van der Waals surface area contributed by atoms with E-state index in [1.54, 1.807) is 7.11 Å². The van der Waals surface area contributed by atoms with Crippen LogP contribution in [0, 0.1) is 0 Å². The van der Waals surface area contributed by atoms with Gasteiger partial charge in [-0.15, -0.1) is 0 Å². The standard InChI is InChI=1S/C11H17N3O/c1-8(2)11-9-4-5-14(7-15-3)6-10(9)12-13-11/h1,4-7H2,2-3H3,(H,12,13). The van der Waals surface area contributed by atoms with Gasteiger partial charge in [0.05, 0.1) is 18.1 Å². The number of aromatic nitrogens is 2. The molecule has 0 unspecified atom stereocenters. The van der Waals surface area contributed by atoms with Crippen LogP contribution in [0.4, 0.5) is 0 Å². The van der Waals surface area contributed by atoms with Crippen LogP contribution < -0.4 is 0 Å². The van der Waals surface area contributed by atoms with Crippen molar-refractivity contribution in [3.63, 3.8) is 0 Å². The summed E-state index contributed by atoms with van der Waals surface area (Å²) in [4.78, 5) is 2.25. The Morgan fingerprint density at radius 3 is 3.13 bits per heavy atom. The highest BCUT2D eigenvalue weighted by molar-refractivity contribution is 5.62. The molecule has 0 atom stereocenters. The molecule has 0 aliphatic carbocycles. The van der Waals surface area contributed by atoms with E-state index < -0.39 is 0 Å². The van der Waals surface area contributed by atoms with Crippen LogP contribution in [0.15, 0.2) is 6.58 Å². The van der Waals surface area contributed by atoms with Crippen LogP contribution in [0.1, 0.15) is 23.9 Å². The average Bonchev–Trinajstić information content (AvgIpc) is 2.61. The minimum absolute atomic E-state index is 0.681. The minimum atomic E-state index is 0.681. The summed E-state index contributed by atoms with van der Waals surface area (Å²) in [6.45, 7) is 8.54. The van der Waals surface area contributed by atoms with Gasteiger partial charge in [-0.25, -0.2) is 0 Å². The Morgan fingerprint density at radius 2 is 2.47 bits per heavy atom. The van der Waals surface area contributed by atoms with E-state index in [2.05, 4.69) is 21.7 Å². The summed E-state index contributed by atoms with van der Waals surface area (Å²) in [7, 11) is 1.72. The van der Waals surface area contributed by atoms with E-state index in [4.69, 9.17) is 4.74 Å². The largest absolute Gasteiger partial charge is 0.369 e. The van der Waals surface area contributed by atoms with Crippen molar-refractivity contribution in [3.05, 3.63) is 23.5 Å². The molecule has 4 nitrogen and oxygen atoms in total. The summed E-state index contributed by atoms with van der Waals surface area (Å²) in [5.74, 6) is 0. The predicted octanol–water partition coefficient (Wildman–Crippen LogP) is 1.40. The average molecular weight is 207 g/mol. The maximum Gasteiger partial charge on any atom is 0.0989 e. The molecule has 0 aromatic carbocycles. The molecule has 2 rings (SSSR count). The molecule has 0 saturated heterocycles. The number of methoxy groups -OCH3 is 1. The molecule has 1 aromatic rings. The van der Waals surface area contributed by atoms with Crippen molar-refractivity contribution in [1.82, 2.24) is 15.1 Å². The lowest BCUT2D eigenvalue weighted by Gasteiger charge is -2.25. The molecule has 0 amide bonds. The van der Waals surface area contributed by atoms with Crippen molar-refractivity contribution in [2.45, 2.75) is 19.9 Å². The van der Waals surface area contributed by atoms with Gasteiger partial charge in [0.2, 0.25) is 0 Å². The summed E-state index contributed by atoms with van der Waals surface area (Å²) < 4.78 is 5.12. The highest BCUT2D eigenvalue weighted by Crippen LogP contribution is 2.23. The normalized spacial score (nSPS) is 16.4. The van der Waals surface area contributed by atoms with Gasteiger partial charge in [-0.3, -0.25) is 10.00 Å². The predicted molar refractivity (Wildman–Crippen MR) is 59.3 cm³/mol. The third-order valence-electron chi connectivity index (χ3n) is 2.73.